The van der Waals surface area contributed by atoms with Crippen molar-refractivity contribution in [3.05, 3.63) is 60.2 Å². The van der Waals surface area contributed by atoms with Crippen LogP contribution in [0.15, 0.2) is 54.6 Å². The lowest BCUT2D eigenvalue weighted by Crippen LogP contribution is -2.63. The largest absolute Gasteiger partial charge is 0.497 e. The van der Waals surface area contributed by atoms with Gasteiger partial charge in [-0.1, -0.05) is 65.1 Å². The fraction of sp³-hybridized carbons (Fsp3) is 0.462. The first-order chi connectivity index (χ1) is 19.8. The third kappa shape index (κ3) is 11.0. The first-order valence-corrected chi connectivity index (χ1v) is 14.8. The zero-order chi connectivity index (χ0) is 30.9. The van der Waals surface area contributed by atoms with Crippen LogP contribution in [-0.4, -0.2) is 75.2 Å². The summed E-state index contributed by atoms with van der Waals surface area (Å²) in [4.78, 5) is 24.3. The van der Waals surface area contributed by atoms with Gasteiger partial charge in [0.15, 0.2) is 6.10 Å². The summed E-state index contributed by atoms with van der Waals surface area (Å²) >= 11 is 16.9. The number of hydrogen-bond donors (Lipinski definition) is 0. The van der Waals surface area contributed by atoms with Crippen molar-refractivity contribution in [3.63, 3.8) is 0 Å². The highest BCUT2D eigenvalue weighted by atomic mass is 35.6. The molecule has 0 bridgehead atoms. The number of hydrogen-bond acceptors (Lipinski definition) is 12. The van der Waals surface area contributed by atoms with Crippen LogP contribution in [0.1, 0.15) is 19.4 Å². The molecule has 232 valence electrons. The minimum absolute atomic E-state index is 0.111. The molecule has 2 aromatic rings. The number of esters is 2. The van der Waals surface area contributed by atoms with Crippen molar-refractivity contribution in [2.24, 2.45) is 0 Å². The Kier molecular flexibility index (Phi) is 12.5. The fourth-order valence-corrected chi connectivity index (χ4v) is 5.06. The van der Waals surface area contributed by atoms with Gasteiger partial charge in [-0.05, 0) is 29.8 Å². The van der Waals surface area contributed by atoms with E-state index < -0.39 is 63.4 Å². The Hall–Kier alpha value is -2.36. The highest BCUT2D eigenvalue weighted by molar-refractivity contribution is 7.81. The second kappa shape index (κ2) is 15.4. The molecule has 1 fully saturated rings. The standard InChI is InChI=1S/C26H29Cl3O12S/c1-16(30)37-23-22(41-42(32,33)36-15-26(27,28)29)21(14-35-13-18-7-5-4-6-8-18)40-25(24(23)38-17(2)31)39-20-11-9-19(34-3)10-12-20/h4-12,21-25H,13-15H2,1-3H3/t21-,22-,23+,24-,25-/m1/s1. The summed E-state index contributed by atoms with van der Waals surface area (Å²) in [6.07, 6.45) is -7.45. The Balaban J connectivity index is 1.96. The number of carbonyl (C=O) groups excluding carboxylic acids is 2. The summed E-state index contributed by atoms with van der Waals surface area (Å²) < 4.78 is 67.2. The molecule has 0 aromatic heterocycles. The zero-order valence-electron chi connectivity index (χ0n) is 22.6. The lowest BCUT2D eigenvalue weighted by atomic mass is 9.98. The highest BCUT2D eigenvalue weighted by Crippen LogP contribution is 2.33. The van der Waals surface area contributed by atoms with Crippen molar-refractivity contribution in [1.29, 1.82) is 0 Å². The summed E-state index contributed by atoms with van der Waals surface area (Å²) in [6.45, 7) is 1.11. The smallest absolute Gasteiger partial charge is 0.400 e. The van der Waals surface area contributed by atoms with Gasteiger partial charge in [-0.25, -0.2) is 8.37 Å². The van der Waals surface area contributed by atoms with E-state index in [-0.39, 0.29) is 19.0 Å². The number of benzene rings is 2. The molecule has 42 heavy (non-hydrogen) atoms. The van der Waals surface area contributed by atoms with Crippen molar-refractivity contribution < 1.29 is 54.8 Å². The van der Waals surface area contributed by atoms with E-state index in [1.165, 1.54) is 7.11 Å². The molecule has 1 aliphatic rings. The first-order valence-electron chi connectivity index (χ1n) is 12.3. The molecule has 1 saturated heterocycles. The topological polar surface area (TPSA) is 142 Å². The molecule has 0 N–H and O–H groups in total. The summed E-state index contributed by atoms with van der Waals surface area (Å²) in [5.41, 5.74) is 0.810. The van der Waals surface area contributed by atoms with Gasteiger partial charge in [0.25, 0.3) is 0 Å². The molecule has 2 aromatic carbocycles. The quantitative estimate of drug-likeness (QED) is 0.225. The van der Waals surface area contributed by atoms with Gasteiger partial charge in [0, 0.05) is 13.8 Å². The second-order valence-corrected chi connectivity index (χ2v) is 12.6. The van der Waals surface area contributed by atoms with Crippen LogP contribution in [0.2, 0.25) is 0 Å². The average Bonchev–Trinajstić information content (AvgIpc) is 2.91. The van der Waals surface area contributed by atoms with Gasteiger partial charge in [-0.15, -0.1) is 0 Å². The maximum absolute atomic E-state index is 12.8. The molecule has 0 spiro atoms. The Bertz CT molecular complexity index is 1270. The fourth-order valence-electron chi connectivity index (χ4n) is 3.82. The van der Waals surface area contributed by atoms with Crippen LogP contribution in [0.5, 0.6) is 11.5 Å². The van der Waals surface area contributed by atoms with Crippen LogP contribution in [0.3, 0.4) is 0 Å². The maximum atomic E-state index is 12.8. The molecule has 3 rings (SSSR count). The van der Waals surface area contributed by atoms with Crippen LogP contribution in [-0.2, 0) is 53.9 Å². The molecule has 0 radical (unpaired) electrons. The Labute approximate surface area is 258 Å². The number of alkyl halides is 3. The van der Waals surface area contributed by atoms with E-state index in [2.05, 4.69) is 0 Å². The van der Waals surface area contributed by atoms with Gasteiger partial charge in [0.05, 0.1) is 20.3 Å². The van der Waals surface area contributed by atoms with E-state index in [4.69, 9.17) is 71.6 Å². The molecule has 16 heteroatoms. The number of rotatable bonds is 13. The summed E-state index contributed by atoms with van der Waals surface area (Å²) in [5.74, 6) is -0.847. The van der Waals surface area contributed by atoms with E-state index in [0.29, 0.717) is 5.75 Å². The van der Waals surface area contributed by atoms with Gasteiger partial charge in [-0.3, -0.25) is 9.59 Å². The molecule has 0 aliphatic carbocycles. The molecule has 12 nitrogen and oxygen atoms in total. The van der Waals surface area contributed by atoms with Crippen molar-refractivity contribution in [1.82, 2.24) is 0 Å². The minimum Gasteiger partial charge on any atom is -0.497 e. The monoisotopic (exact) mass is 670 g/mol. The van der Waals surface area contributed by atoms with E-state index in [0.717, 1.165) is 19.4 Å². The number of ether oxygens (including phenoxy) is 6. The Morgan fingerprint density at radius 3 is 2.05 bits per heavy atom. The van der Waals surface area contributed by atoms with Crippen LogP contribution < -0.4 is 9.47 Å². The summed E-state index contributed by atoms with van der Waals surface area (Å²) in [7, 11) is -3.41. The van der Waals surface area contributed by atoms with Crippen LogP contribution in [0.4, 0.5) is 0 Å². The van der Waals surface area contributed by atoms with Gasteiger partial charge < -0.3 is 28.4 Å². The Morgan fingerprint density at radius 2 is 1.48 bits per heavy atom. The lowest BCUT2D eigenvalue weighted by molar-refractivity contribution is -0.283. The lowest BCUT2D eigenvalue weighted by Gasteiger charge is -2.44. The van der Waals surface area contributed by atoms with Crippen LogP contribution in [0.25, 0.3) is 0 Å². The van der Waals surface area contributed by atoms with Crippen molar-refractivity contribution in [3.8, 4) is 11.5 Å². The average molecular weight is 672 g/mol. The second-order valence-electron chi connectivity index (χ2n) is 8.83. The molecule has 0 amide bonds. The molecule has 5 atom stereocenters. The zero-order valence-corrected chi connectivity index (χ0v) is 25.7. The highest BCUT2D eigenvalue weighted by Gasteiger charge is 2.54. The molecule has 1 heterocycles. The number of halogens is 3. The molecular formula is C26H29Cl3O12S. The predicted octanol–water partition coefficient (Wildman–Crippen LogP) is 3.90. The normalized spacial score (nSPS) is 22.7. The number of methoxy groups -OCH3 is 1. The maximum Gasteiger partial charge on any atom is 0.400 e. The third-order valence-electron chi connectivity index (χ3n) is 5.50. The van der Waals surface area contributed by atoms with Gasteiger partial charge in [0.2, 0.25) is 16.2 Å². The molecule has 0 unspecified atom stereocenters. The van der Waals surface area contributed by atoms with Crippen LogP contribution >= 0.6 is 34.8 Å². The third-order valence-corrected chi connectivity index (χ3v) is 6.69. The predicted molar refractivity (Wildman–Crippen MR) is 150 cm³/mol. The van der Waals surface area contributed by atoms with E-state index in [1.54, 1.807) is 24.3 Å². The molecule has 1 aliphatic heterocycles. The van der Waals surface area contributed by atoms with Crippen molar-refractivity contribution >= 4 is 57.1 Å². The van der Waals surface area contributed by atoms with Crippen molar-refractivity contribution in [2.45, 2.75) is 55.0 Å². The van der Waals surface area contributed by atoms with E-state index in [9.17, 15) is 18.0 Å². The van der Waals surface area contributed by atoms with Gasteiger partial charge in [-0.2, -0.15) is 8.42 Å². The van der Waals surface area contributed by atoms with Crippen molar-refractivity contribution in [2.75, 3.05) is 20.3 Å². The van der Waals surface area contributed by atoms with E-state index >= 15 is 0 Å². The van der Waals surface area contributed by atoms with Gasteiger partial charge >= 0.3 is 22.3 Å². The molecule has 0 saturated carbocycles. The van der Waals surface area contributed by atoms with Gasteiger partial charge in [0.1, 0.15) is 30.3 Å². The van der Waals surface area contributed by atoms with Crippen LogP contribution in [0, 0.1) is 0 Å². The first kappa shape index (κ1) is 34.1. The summed E-state index contributed by atoms with van der Waals surface area (Å²) in [5, 5.41) is 0. The van der Waals surface area contributed by atoms with E-state index in [1.807, 2.05) is 30.3 Å². The summed E-state index contributed by atoms with van der Waals surface area (Å²) in [6, 6.07) is 15.5. The number of carbonyl (C=O) groups is 2. The minimum atomic E-state index is -4.90. The Morgan fingerprint density at radius 1 is 0.881 bits per heavy atom. The molecular weight excluding hydrogens is 643 g/mol. The SMILES string of the molecule is COc1ccc(O[C@@H]2O[C@H](COCc3ccccc3)[C@@H](OS(=O)(=O)OCC(Cl)(Cl)Cl)[C@H](OC(C)=O)[C@H]2OC(C)=O)cc1.